The third kappa shape index (κ3) is 3.74. The predicted octanol–water partition coefficient (Wildman–Crippen LogP) is 3.72. The highest BCUT2D eigenvalue weighted by atomic mass is 19.4. The molecule has 3 nitrogen and oxygen atoms in total. The van der Waals surface area contributed by atoms with Crippen molar-refractivity contribution in [3.05, 3.63) is 23.9 Å². The van der Waals surface area contributed by atoms with Gasteiger partial charge in [-0.05, 0) is 38.3 Å². The molecule has 0 aliphatic heterocycles. The van der Waals surface area contributed by atoms with E-state index in [1.165, 1.54) is 4.90 Å². The van der Waals surface area contributed by atoms with Crippen molar-refractivity contribution in [1.29, 1.82) is 0 Å². The van der Waals surface area contributed by atoms with Crippen molar-refractivity contribution in [2.45, 2.75) is 38.8 Å². The first-order chi connectivity index (χ1) is 9.79. The second-order valence-electron chi connectivity index (χ2n) is 5.64. The summed E-state index contributed by atoms with van der Waals surface area (Å²) in [6.07, 6.45) is -3.24. The maximum Gasteiger partial charge on any atom is 0.391 e. The van der Waals surface area contributed by atoms with E-state index in [-0.39, 0.29) is 18.7 Å². The van der Waals surface area contributed by atoms with Crippen LogP contribution in [0.25, 0.3) is 0 Å². The van der Waals surface area contributed by atoms with Crippen LogP contribution < -0.4 is 4.90 Å². The molecule has 1 heterocycles. The summed E-state index contributed by atoms with van der Waals surface area (Å²) in [6.45, 7) is 1.81. The number of hydrogen-bond acceptors (Lipinski definition) is 2. The molecule has 0 radical (unpaired) electrons. The van der Waals surface area contributed by atoms with Crippen LogP contribution in [0.15, 0.2) is 18.2 Å². The topological polar surface area (TPSA) is 33.2 Å². The van der Waals surface area contributed by atoms with E-state index >= 15 is 0 Å². The molecule has 1 aliphatic carbocycles. The molecular formula is C15H19F3N2O. The van der Waals surface area contributed by atoms with Crippen molar-refractivity contribution in [3.8, 4) is 0 Å². The van der Waals surface area contributed by atoms with Gasteiger partial charge in [0.05, 0.1) is 5.92 Å². The minimum atomic E-state index is -4.21. The molecule has 0 N–H and O–H groups in total. The summed E-state index contributed by atoms with van der Waals surface area (Å²) >= 11 is 0. The molecule has 6 heteroatoms. The van der Waals surface area contributed by atoms with Gasteiger partial charge in [0.1, 0.15) is 5.82 Å². The van der Waals surface area contributed by atoms with Crippen LogP contribution in [0.4, 0.5) is 19.0 Å². The fourth-order valence-corrected chi connectivity index (χ4v) is 2.81. The highest BCUT2D eigenvalue weighted by Crippen LogP contribution is 2.40. The van der Waals surface area contributed by atoms with E-state index in [0.29, 0.717) is 18.7 Å². The van der Waals surface area contributed by atoms with Crippen LogP contribution in [0.1, 0.15) is 31.4 Å². The van der Waals surface area contributed by atoms with Gasteiger partial charge in [-0.25, -0.2) is 4.98 Å². The van der Waals surface area contributed by atoms with Crippen LogP contribution >= 0.6 is 0 Å². The molecule has 2 atom stereocenters. The monoisotopic (exact) mass is 300 g/mol. The van der Waals surface area contributed by atoms with E-state index in [0.717, 1.165) is 5.69 Å². The molecular weight excluding hydrogens is 281 g/mol. The SMILES string of the molecule is Cc1cccc(N(C)C(=O)[C@@H]2CCC[C@H](C(F)(F)F)C2)n1. The molecule has 0 spiro atoms. The Labute approximate surface area is 122 Å². The average molecular weight is 300 g/mol. The Morgan fingerprint density at radius 2 is 2.05 bits per heavy atom. The molecule has 0 unspecified atom stereocenters. The van der Waals surface area contributed by atoms with Crippen molar-refractivity contribution >= 4 is 11.7 Å². The molecule has 2 rings (SSSR count). The zero-order valence-electron chi connectivity index (χ0n) is 12.2. The fourth-order valence-electron chi connectivity index (χ4n) is 2.81. The maximum absolute atomic E-state index is 12.8. The molecule has 21 heavy (non-hydrogen) atoms. The quantitative estimate of drug-likeness (QED) is 0.834. The fraction of sp³-hybridized carbons (Fsp3) is 0.600. The highest BCUT2D eigenvalue weighted by molar-refractivity contribution is 5.93. The van der Waals surface area contributed by atoms with Crippen molar-refractivity contribution < 1.29 is 18.0 Å². The number of anilines is 1. The summed E-state index contributed by atoms with van der Waals surface area (Å²) in [4.78, 5) is 18.0. The first kappa shape index (κ1) is 15.8. The van der Waals surface area contributed by atoms with E-state index in [1.807, 2.05) is 13.0 Å². The van der Waals surface area contributed by atoms with Crippen LogP contribution in [0, 0.1) is 18.8 Å². The summed E-state index contributed by atoms with van der Waals surface area (Å²) in [5.41, 5.74) is 0.768. The van der Waals surface area contributed by atoms with Crippen molar-refractivity contribution in [1.82, 2.24) is 4.98 Å². The van der Waals surface area contributed by atoms with Crippen molar-refractivity contribution in [2.24, 2.45) is 11.8 Å². The predicted molar refractivity (Wildman–Crippen MR) is 73.9 cm³/mol. The van der Waals surface area contributed by atoms with Gasteiger partial charge in [-0.2, -0.15) is 13.2 Å². The van der Waals surface area contributed by atoms with Gasteiger partial charge in [0, 0.05) is 18.7 Å². The highest BCUT2D eigenvalue weighted by Gasteiger charge is 2.44. The van der Waals surface area contributed by atoms with Gasteiger partial charge < -0.3 is 0 Å². The number of pyridine rings is 1. The number of amides is 1. The Morgan fingerprint density at radius 1 is 1.33 bits per heavy atom. The number of halogens is 3. The smallest absolute Gasteiger partial charge is 0.300 e. The summed E-state index contributed by atoms with van der Waals surface area (Å²) in [5, 5.41) is 0. The lowest BCUT2D eigenvalue weighted by Crippen LogP contribution is -2.38. The largest absolute Gasteiger partial charge is 0.391 e. The van der Waals surface area contributed by atoms with Gasteiger partial charge in [-0.15, -0.1) is 0 Å². The minimum Gasteiger partial charge on any atom is -0.300 e. The third-order valence-corrected chi connectivity index (χ3v) is 4.03. The van der Waals surface area contributed by atoms with Gasteiger partial charge >= 0.3 is 6.18 Å². The van der Waals surface area contributed by atoms with E-state index < -0.39 is 18.0 Å². The molecule has 0 aromatic carbocycles. The number of carbonyl (C=O) groups excluding carboxylic acids is 1. The lowest BCUT2D eigenvalue weighted by Gasteiger charge is -2.31. The normalized spacial score (nSPS) is 22.9. The van der Waals surface area contributed by atoms with Crippen molar-refractivity contribution in [2.75, 3.05) is 11.9 Å². The first-order valence-corrected chi connectivity index (χ1v) is 7.07. The van der Waals surface area contributed by atoms with Crippen LogP contribution in [0.3, 0.4) is 0 Å². The first-order valence-electron chi connectivity index (χ1n) is 7.07. The zero-order valence-corrected chi connectivity index (χ0v) is 12.2. The molecule has 1 saturated carbocycles. The average Bonchev–Trinajstić information content (AvgIpc) is 2.45. The van der Waals surface area contributed by atoms with Crippen molar-refractivity contribution in [3.63, 3.8) is 0 Å². The Kier molecular flexibility index (Phi) is 4.54. The zero-order chi connectivity index (χ0) is 15.6. The molecule has 1 aromatic heterocycles. The molecule has 1 amide bonds. The van der Waals surface area contributed by atoms with E-state index in [1.54, 1.807) is 19.2 Å². The number of aryl methyl sites for hydroxylation is 1. The third-order valence-electron chi connectivity index (χ3n) is 4.03. The Hall–Kier alpha value is -1.59. The van der Waals surface area contributed by atoms with Crippen LogP contribution in [-0.4, -0.2) is 24.1 Å². The number of alkyl halides is 3. The molecule has 116 valence electrons. The number of rotatable bonds is 2. The van der Waals surface area contributed by atoms with Crippen LogP contribution in [0.2, 0.25) is 0 Å². The van der Waals surface area contributed by atoms with E-state index in [9.17, 15) is 18.0 Å². The molecule has 1 fully saturated rings. The number of carbonyl (C=O) groups is 1. The lowest BCUT2D eigenvalue weighted by atomic mass is 9.80. The van der Waals surface area contributed by atoms with Gasteiger partial charge in [-0.1, -0.05) is 12.5 Å². The number of hydrogen-bond donors (Lipinski definition) is 0. The number of aromatic nitrogens is 1. The second kappa shape index (κ2) is 6.03. The van der Waals surface area contributed by atoms with Gasteiger partial charge in [0.15, 0.2) is 0 Å². The van der Waals surface area contributed by atoms with Crippen LogP contribution in [-0.2, 0) is 4.79 Å². The van der Waals surface area contributed by atoms with Gasteiger partial charge in [0.2, 0.25) is 5.91 Å². The summed E-state index contributed by atoms with van der Waals surface area (Å²) in [6, 6.07) is 5.28. The van der Waals surface area contributed by atoms with E-state index in [2.05, 4.69) is 4.98 Å². The maximum atomic E-state index is 12.8. The Bertz CT molecular complexity index is 516. The summed E-state index contributed by atoms with van der Waals surface area (Å²) < 4.78 is 38.5. The standard InChI is InChI=1S/C15H19F3N2O/c1-10-5-3-8-13(19-10)20(2)14(21)11-6-4-7-12(9-11)15(16,17)18/h3,5,8,11-12H,4,6-7,9H2,1-2H3/t11-,12+/m1/s1. The summed E-state index contributed by atoms with van der Waals surface area (Å²) in [7, 11) is 1.57. The molecule has 1 aromatic rings. The minimum absolute atomic E-state index is 0.113. The van der Waals surface area contributed by atoms with Crippen LogP contribution in [0.5, 0.6) is 0 Å². The van der Waals surface area contributed by atoms with Gasteiger partial charge in [0.25, 0.3) is 0 Å². The number of nitrogens with zero attached hydrogens (tertiary/aromatic N) is 2. The van der Waals surface area contributed by atoms with E-state index in [4.69, 9.17) is 0 Å². The Balaban J connectivity index is 2.09. The van der Waals surface area contributed by atoms with Gasteiger partial charge in [-0.3, -0.25) is 9.69 Å². The lowest BCUT2D eigenvalue weighted by molar-refractivity contribution is -0.186. The molecule has 0 bridgehead atoms. The molecule has 0 saturated heterocycles. The molecule has 1 aliphatic rings. The summed E-state index contributed by atoms with van der Waals surface area (Å²) in [5.74, 6) is -1.73. The Morgan fingerprint density at radius 3 is 2.67 bits per heavy atom. The second-order valence-corrected chi connectivity index (χ2v) is 5.64.